The molecule has 1 heterocycles. The number of amides is 1. The number of nitrogens with zero attached hydrogens (tertiary/aromatic N) is 2. The molecule has 0 spiro atoms. The van der Waals surface area contributed by atoms with Crippen molar-refractivity contribution in [1.29, 1.82) is 0 Å². The minimum absolute atomic E-state index is 0.222. The molecule has 100 valence electrons. The third-order valence-electron chi connectivity index (χ3n) is 2.19. The average Bonchev–Trinajstić information content (AvgIpc) is 2.27. The van der Waals surface area contributed by atoms with Gasteiger partial charge in [0.1, 0.15) is 11.6 Å². The lowest BCUT2D eigenvalue weighted by atomic mass is 10.2. The lowest BCUT2D eigenvalue weighted by Crippen LogP contribution is -2.31. The molecule has 1 amide bonds. The number of halogens is 4. The van der Waals surface area contributed by atoms with E-state index in [9.17, 15) is 22.4 Å². The summed E-state index contributed by atoms with van der Waals surface area (Å²) in [6.45, 7) is -0.529. The summed E-state index contributed by atoms with van der Waals surface area (Å²) in [6, 6.07) is 0.842. The van der Waals surface area contributed by atoms with E-state index in [2.05, 4.69) is 4.98 Å². The number of aromatic nitrogens is 1. The molecule has 0 aliphatic heterocycles. The van der Waals surface area contributed by atoms with Crippen LogP contribution >= 0.6 is 0 Å². The van der Waals surface area contributed by atoms with Crippen LogP contribution in [-0.4, -0.2) is 35.6 Å². The van der Waals surface area contributed by atoms with Crippen LogP contribution in [0.2, 0.25) is 0 Å². The fourth-order valence-corrected chi connectivity index (χ4v) is 1.22. The van der Waals surface area contributed by atoms with Gasteiger partial charge in [-0.3, -0.25) is 4.79 Å². The summed E-state index contributed by atoms with van der Waals surface area (Å²) in [5, 5.41) is 0. The van der Waals surface area contributed by atoms with Crippen molar-refractivity contribution in [2.75, 3.05) is 19.3 Å². The van der Waals surface area contributed by atoms with Crippen molar-refractivity contribution in [3.05, 3.63) is 23.6 Å². The molecular weight excluding hydrogens is 254 g/mol. The summed E-state index contributed by atoms with van der Waals surface area (Å²) in [7, 11) is 1.18. The number of anilines is 1. The van der Waals surface area contributed by atoms with E-state index in [-0.39, 0.29) is 11.4 Å². The first-order chi connectivity index (χ1) is 8.20. The first-order valence-electron chi connectivity index (χ1n) is 4.94. The highest BCUT2D eigenvalue weighted by molar-refractivity contribution is 5.98. The number of hydrogen-bond acceptors (Lipinski definition) is 3. The zero-order chi connectivity index (χ0) is 13.9. The van der Waals surface area contributed by atoms with Gasteiger partial charge in [-0.2, -0.15) is 13.2 Å². The largest absolute Gasteiger partial charge is 0.390 e. The Morgan fingerprint density at radius 2 is 2.11 bits per heavy atom. The molecule has 0 radical (unpaired) electrons. The summed E-state index contributed by atoms with van der Waals surface area (Å²) in [6.07, 6.45) is -4.68. The number of nitrogen functional groups attached to an aromatic ring is 1. The van der Waals surface area contributed by atoms with Crippen molar-refractivity contribution < 1.29 is 22.4 Å². The third-order valence-corrected chi connectivity index (χ3v) is 2.19. The lowest BCUT2D eigenvalue weighted by molar-refractivity contribution is -0.136. The molecule has 0 aliphatic carbocycles. The van der Waals surface area contributed by atoms with Crippen molar-refractivity contribution in [3.63, 3.8) is 0 Å². The van der Waals surface area contributed by atoms with Crippen LogP contribution in [0.25, 0.3) is 0 Å². The molecular formula is C10H11F4N3O. The molecule has 0 atom stereocenters. The smallest absolute Gasteiger partial charge is 0.383 e. The zero-order valence-corrected chi connectivity index (χ0v) is 9.46. The monoisotopic (exact) mass is 265 g/mol. The maximum absolute atomic E-state index is 12.9. The van der Waals surface area contributed by atoms with Crippen LogP contribution < -0.4 is 5.73 Å². The minimum atomic E-state index is -4.36. The quantitative estimate of drug-likeness (QED) is 0.848. The van der Waals surface area contributed by atoms with Gasteiger partial charge in [0.25, 0.3) is 5.91 Å². The van der Waals surface area contributed by atoms with Gasteiger partial charge in [-0.25, -0.2) is 9.37 Å². The highest BCUT2D eigenvalue weighted by Gasteiger charge is 2.28. The van der Waals surface area contributed by atoms with E-state index in [0.29, 0.717) is 0 Å². The fraction of sp³-hybridized carbons (Fsp3) is 0.400. The van der Waals surface area contributed by atoms with E-state index in [1.807, 2.05) is 0 Å². The minimum Gasteiger partial charge on any atom is -0.383 e. The van der Waals surface area contributed by atoms with Crippen molar-refractivity contribution in [1.82, 2.24) is 9.88 Å². The van der Waals surface area contributed by atoms with Gasteiger partial charge in [-0.1, -0.05) is 0 Å². The van der Waals surface area contributed by atoms with Crippen molar-refractivity contribution in [3.8, 4) is 0 Å². The molecule has 1 rings (SSSR count). The van der Waals surface area contributed by atoms with Gasteiger partial charge in [-0.15, -0.1) is 0 Å². The number of nitrogens with two attached hydrogens (primary N) is 1. The molecule has 0 bridgehead atoms. The van der Waals surface area contributed by atoms with Crippen LogP contribution in [0.5, 0.6) is 0 Å². The van der Waals surface area contributed by atoms with Crippen molar-refractivity contribution >= 4 is 11.7 Å². The van der Waals surface area contributed by atoms with E-state index in [0.717, 1.165) is 17.2 Å². The predicted octanol–water partition coefficient (Wildman–Crippen LogP) is 1.83. The van der Waals surface area contributed by atoms with Crippen LogP contribution in [0.4, 0.5) is 23.4 Å². The van der Waals surface area contributed by atoms with Gasteiger partial charge in [0.05, 0.1) is 18.2 Å². The normalized spacial score (nSPS) is 11.4. The van der Waals surface area contributed by atoms with E-state index in [4.69, 9.17) is 5.73 Å². The van der Waals surface area contributed by atoms with E-state index >= 15 is 0 Å². The molecule has 1 aromatic rings. The Hall–Kier alpha value is -1.86. The summed E-state index contributed by atoms with van der Waals surface area (Å²) in [5.41, 5.74) is 5.11. The van der Waals surface area contributed by atoms with Crippen LogP contribution in [0.15, 0.2) is 12.3 Å². The first-order valence-corrected chi connectivity index (χ1v) is 4.94. The van der Waals surface area contributed by atoms with Gasteiger partial charge in [0.15, 0.2) is 0 Å². The van der Waals surface area contributed by atoms with Crippen molar-refractivity contribution in [2.45, 2.75) is 12.6 Å². The Labute approximate surface area is 100 Å². The molecule has 8 heteroatoms. The zero-order valence-electron chi connectivity index (χ0n) is 9.46. The van der Waals surface area contributed by atoms with E-state index < -0.39 is 30.9 Å². The molecule has 4 nitrogen and oxygen atoms in total. The Balaban J connectivity index is 2.77. The highest BCUT2D eigenvalue weighted by atomic mass is 19.4. The second-order valence-corrected chi connectivity index (χ2v) is 3.68. The second-order valence-electron chi connectivity index (χ2n) is 3.68. The topological polar surface area (TPSA) is 59.2 Å². The molecule has 0 saturated carbocycles. The summed E-state index contributed by atoms with van der Waals surface area (Å²) in [5.74, 6) is -1.80. The second kappa shape index (κ2) is 5.19. The lowest BCUT2D eigenvalue weighted by Gasteiger charge is -2.18. The van der Waals surface area contributed by atoms with Gasteiger partial charge in [0.2, 0.25) is 0 Å². The van der Waals surface area contributed by atoms with Crippen molar-refractivity contribution in [2.24, 2.45) is 0 Å². The number of carbonyl (C=O) groups is 1. The van der Waals surface area contributed by atoms with Gasteiger partial charge in [0, 0.05) is 13.6 Å². The molecule has 0 fully saturated rings. The number of alkyl halides is 3. The Kier molecular flexibility index (Phi) is 4.10. The maximum Gasteiger partial charge on any atom is 0.390 e. The molecule has 1 aromatic heterocycles. The molecule has 0 aliphatic rings. The summed E-state index contributed by atoms with van der Waals surface area (Å²) >= 11 is 0. The van der Waals surface area contributed by atoms with E-state index in [1.165, 1.54) is 7.05 Å². The number of rotatable bonds is 3. The molecule has 2 N–H and O–H groups in total. The third kappa shape index (κ3) is 3.86. The Bertz CT molecular complexity index is 447. The Morgan fingerprint density at radius 3 is 2.67 bits per heavy atom. The molecule has 0 aromatic carbocycles. The summed E-state index contributed by atoms with van der Waals surface area (Å²) < 4.78 is 48.8. The Morgan fingerprint density at radius 1 is 1.50 bits per heavy atom. The molecule has 0 unspecified atom stereocenters. The van der Waals surface area contributed by atoms with Gasteiger partial charge in [-0.05, 0) is 6.07 Å². The molecule has 18 heavy (non-hydrogen) atoms. The van der Waals surface area contributed by atoms with Crippen LogP contribution in [-0.2, 0) is 0 Å². The summed E-state index contributed by atoms with van der Waals surface area (Å²) in [4.78, 5) is 16.0. The van der Waals surface area contributed by atoms with Crippen LogP contribution in [0, 0.1) is 5.82 Å². The van der Waals surface area contributed by atoms with E-state index in [1.54, 1.807) is 0 Å². The SMILES string of the molecule is CN(CCC(F)(F)F)C(=O)c1cc(F)cnc1N. The first kappa shape index (κ1) is 14.2. The molecule has 0 saturated heterocycles. The van der Waals surface area contributed by atoms with Crippen LogP contribution in [0.3, 0.4) is 0 Å². The maximum atomic E-state index is 12.9. The van der Waals surface area contributed by atoms with Gasteiger partial charge >= 0.3 is 6.18 Å². The average molecular weight is 265 g/mol. The fourth-order valence-electron chi connectivity index (χ4n) is 1.22. The van der Waals surface area contributed by atoms with Crippen LogP contribution in [0.1, 0.15) is 16.8 Å². The number of pyridine rings is 1. The highest BCUT2D eigenvalue weighted by Crippen LogP contribution is 2.20. The predicted molar refractivity (Wildman–Crippen MR) is 56.2 cm³/mol. The number of carbonyl (C=O) groups excluding carboxylic acids is 1. The standard InChI is InChI=1S/C10H11F4N3O/c1-17(3-2-10(12,13)14)9(18)7-4-6(11)5-16-8(7)15/h4-5H,2-3H2,1H3,(H2,15,16). The number of hydrogen-bond donors (Lipinski definition) is 1. The van der Waals surface area contributed by atoms with Gasteiger partial charge < -0.3 is 10.6 Å².